The van der Waals surface area contributed by atoms with Crippen molar-refractivity contribution in [2.45, 2.75) is 25.8 Å². The summed E-state index contributed by atoms with van der Waals surface area (Å²) in [6, 6.07) is 0.142. The van der Waals surface area contributed by atoms with E-state index in [1.54, 1.807) is 0 Å². The zero-order valence-corrected chi connectivity index (χ0v) is 11.2. The number of amides is 1. The van der Waals surface area contributed by atoms with E-state index < -0.39 is 5.41 Å². The number of hydrogen-bond donors (Lipinski definition) is 2. The quantitative estimate of drug-likeness (QED) is 0.702. The third kappa shape index (κ3) is 3.94. The molecular formula is C12H25N3O2. The fraction of sp³-hybridized carbons (Fsp3) is 0.917. The Balaban J connectivity index is 2.54. The first-order valence-corrected chi connectivity index (χ1v) is 6.24. The molecule has 100 valence electrons. The SMILES string of the molecule is CC(CN(C)C)NC(=O)C1(CN)CCOCC1. The molecule has 17 heavy (non-hydrogen) atoms. The second kappa shape index (κ2) is 6.33. The lowest BCUT2D eigenvalue weighted by Crippen LogP contribution is -2.52. The molecule has 1 unspecified atom stereocenters. The van der Waals surface area contributed by atoms with Crippen LogP contribution in [0.2, 0.25) is 0 Å². The number of rotatable bonds is 5. The van der Waals surface area contributed by atoms with E-state index in [2.05, 4.69) is 10.2 Å². The van der Waals surface area contributed by atoms with Gasteiger partial charge in [-0.3, -0.25) is 4.79 Å². The van der Waals surface area contributed by atoms with Gasteiger partial charge in [0, 0.05) is 32.3 Å². The molecule has 1 amide bonds. The predicted octanol–water partition coefficient (Wildman–Crippen LogP) is -0.192. The second-order valence-electron chi connectivity index (χ2n) is 5.23. The molecule has 1 rings (SSSR count). The summed E-state index contributed by atoms with van der Waals surface area (Å²) in [6.07, 6.45) is 1.45. The van der Waals surface area contributed by atoms with Gasteiger partial charge in [-0.1, -0.05) is 0 Å². The van der Waals surface area contributed by atoms with Gasteiger partial charge in [-0.25, -0.2) is 0 Å². The first-order chi connectivity index (χ1) is 8.00. The van der Waals surface area contributed by atoms with Gasteiger partial charge in [-0.2, -0.15) is 0 Å². The van der Waals surface area contributed by atoms with Gasteiger partial charge >= 0.3 is 0 Å². The molecule has 1 heterocycles. The highest BCUT2D eigenvalue weighted by Crippen LogP contribution is 2.29. The number of likely N-dealkylation sites (N-methyl/N-ethyl adjacent to an activating group) is 1. The van der Waals surface area contributed by atoms with Crippen molar-refractivity contribution < 1.29 is 9.53 Å². The maximum Gasteiger partial charge on any atom is 0.227 e. The molecule has 1 atom stereocenters. The molecule has 0 spiro atoms. The molecule has 0 bridgehead atoms. The topological polar surface area (TPSA) is 67.6 Å². The average Bonchev–Trinajstić information content (AvgIpc) is 2.28. The molecule has 5 heteroatoms. The number of nitrogens with two attached hydrogens (primary N) is 1. The third-order valence-corrected chi connectivity index (χ3v) is 3.34. The number of nitrogens with zero attached hydrogens (tertiary/aromatic N) is 1. The van der Waals surface area contributed by atoms with E-state index in [0.717, 1.165) is 19.4 Å². The Morgan fingerprint density at radius 2 is 2.06 bits per heavy atom. The van der Waals surface area contributed by atoms with Gasteiger partial charge < -0.3 is 20.7 Å². The molecule has 0 saturated carbocycles. The Morgan fingerprint density at radius 1 is 1.47 bits per heavy atom. The molecular weight excluding hydrogens is 218 g/mol. The van der Waals surface area contributed by atoms with E-state index in [1.165, 1.54) is 0 Å². The highest BCUT2D eigenvalue weighted by Gasteiger charge is 2.39. The zero-order chi connectivity index (χ0) is 12.9. The van der Waals surface area contributed by atoms with Crippen molar-refractivity contribution in [1.82, 2.24) is 10.2 Å². The van der Waals surface area contributed by atoms with Crippen LogP contribution in [0.5, 0.6) is 0 Å². The Hall–Kier alpha value is -0.650. The van der Waals surface area contributed by atoms with E-state index in [0.29, 0.717) is 19.8 Å². The van der Waals surface area contributed by atoms with E-state index in [9.17, 15) is 4.79 Å². The van der Waals surface area contributed by atoms with Crippen LogP contribution in [0.3, 0.4) is 0 Å². The lowest BCUT2D eigenvalue weighted by atomic mass is 9.79. The van der Waals surface area contributed by atoms with Crippen molar-refractivity contribution in [3.63, 3.8) is 0 Å². The largest absolute Gasteiger partial charge is 0.381 e. The van der Waals surface area contributed by atoms with Crippen LogP contribution in [0.4, 0.5) is 0 Å². The minimum atomic E-state index is -0.418. The van der Waals surface area contributed by atoms with Crippen LogP contribution >= 0.6 is 0 Å². The summed E-state index contributed by atoms with van der Waals surface area (Å²) in [7, 11) is 3.99. The van der Waals surface area contributed by atoms with Gasteiger partial charge in [0.2, 0.25) is 5.91 Å². The van der Waals surface area contributed by atoms with Crippen molar-refractivity contribution in [3.8, 4) is 0 Å². The predicted molar refractivity (Wildman–Crippen MR) is 67.7 cm³/mol. The summed E-state index contributed by atoms with van der Waals surface area (Å²) in [4.78, 5) is 14.3. The fourth-order valence-corrected chi connectivity index (χ4v) is 2.26. The Kier molecular flexibility index (Phi) is 5.36. The van der Waals surface area contributed by atoms with E-state index in [1.807, 2.05) is 21.0 Å². The van der Waals surface area contributed by atoms with Crippen LogP contribution in [-0.4, -0.2) is 57.2 Å². The van der Waals surface area contributed by atoms with Crippen LogP contribution in [0.25, 0.3) is 0 Å². The van der Waals surface area contributed by atoms with Crippen molar-refractivity contribution in [2.24, 2.45) is 11.1 Å². The summed E-state index contributed by atoms with van der Waals surface area (Å²) in [5.74, 6) is 0.0812. The lowest BCUT2D eigenvalue weighted by Gasteiger charge is -2.35. The zero-order valence-electron chi connectivity index (χ0n) is 11.2. The molecule has 1 aliphatic rings. The summed E-state index contributed by atoms with van der Waals surface area (Å²) in [5.41, 5.74) is 5.37. The standard InChI is InChI=1S/C12H25N3O2/c1-10(8-15(2)3)14-11(16)12(9-13)4-6-17-7-5-12/h10H,4-9,13H2,1-3H3,(H,14,16). The molecule has 1 aliphatic heterocycles. The van der Waals surface area contributed by atoms with E-state index >= 15 is 0 Å². The van der Waals surface area contributed by atoms with Crippen LogP contribution in [0.15, 0.2) is 0 Å². The van der Waals surface area contributed by atoms with E-state index in [-0.39, 0.29) is 11.9 Å². The van der Waals surface area contributed by atoms with Gasteiger partial charge in [-0.05, 0) is 33.9 Å². The Bertz CT molecular complexity index is 250. The maximum absolute atomic E-state index is 12.3. The number of carbonyl (C=O) groups excluding carboxylic acids is 1. The summed E-state index contributed by atoms with van der Waals surface area (Å²) in [6.45, 7) is 4.51. The molecule has 0 radical (unpaired) electrons. The van der Waals surface area contributed by atoms with Crippen LogP contribution in [0, 0.1) is 5.41 Å². The fourth-order valence-electron chi connectivity index (χ4n) is 2.26. The van der Waals surface area contributed by atoms with E-state index in [4.69, 9.17) is 10.5 Å². The molecule has 0 aliphatic carbocycles. The summed E-state index contributed by atoms with van der Waals surface area (Å²) in [5, 5.41) is 3.06. The second-order valence-corrected chi connectivity index (χ2v) is 5.23. The Labute approximate surface area is 104 Å². The highest BCUT2D eigenvalue weighted by atomic mass is 16.5. The molecule has 5 nitrogen and oxygen atoms in total. The number of nitrogens with one attached hydrogen (secondary N) is 1. The molecule has 1 fully saturated rings. The minimum absolute atomic E-state index is 0.0812. The molecule has 0 aromatic rings. The monoisotopic (exact) mass is 243 g/mol. The van der Waals surface area contributed by atoms with Gasteiger partial charge in [-0.15, -0.1) is 0 Å². The van der Waals surface area contributed by atoms with Crippen molar-refractivity contribution >= 4 is 5.91 Å². The summed E-state index contributed by atoms with van der Waals surface area (Å²) < 4.78 is 5.30. The van der Waals surface area contributed by atoms with Crippen LogP contribution < -0.4 is 11.1 Å². The van der Waals surface area contributed by atoms with Crippen molar-refractivity contribution in [1.29, 1.82) is 0 Å². The van der Waals surface area contributed by atoms with Gasteiger partial charge in [0.25, 0.3) is 0 Å². The smallest absolute Gasteiger partial charge is 0.227 e. The number of hydrogen-bond acceptors (Lipinski definition) is 4. The summed E-state index contributed by atoms with van der Waals surface area (Å²) >= 11 is 0. The Morgan fingerprint density at radius 3 is 2.53 bits per heavy atom. The number of carbonyl (C=O) groups is 1. The number of ether oxygens (including phenoxy) is 1. The molecule has 3 N–H and O–H groups in total. The first-order valence-electron chi connectivity index (χ1n) is 6.24. The molecule has 0 aromatic carbocycles. The lowest BCUT2D eigenvalue weighted by molar-refractivity contribution is -0.136. The molecule has 1 saturated heterocycles. The maximum atomic E-state index is 12.3. The average molecular weight is 243 g/mol. The van der Waals surface area contributed by atoms with Crippen molar-refractivity contribution in [2.75, 3.05) is 40.4 Å². The van der Waals surface area contributed by atoms with Crippen LogP contribution in [-0.2, 0) is 9.53 Å². The normalized spacial score (nSPS) is 21.2. The minimum Gasteiger partial charge on any atom is -0.381 e. The van der Waals surface area contributed by atoms with Gasteiger partial charge in [0.15, 0.2) is 0 Å². The van der Waals surface area contributed by atoms with Gasteiger partial charge in [0.05, 0.1) is 5.41 Å². The van der Waals surface area contributed by atoms with Crippen LogP contribution in [0.1, 0.15) is 19.8 Å². The van der Waals surface area contributed by atoms with Crippen molar-refractivity contribution in [3.05, 3.63) is 0 Å². The third-order valence-electron chi connectivity index (χ3n) is 3.34. The molecule has 0 aromatic heterocycles. The van der Waals surface area contributed by atoms with Gasteiger partial charge in [0.1, 0.15) is 0 Å². The first kappa shape index (κ1) is 14.4. The highest BCUT2D eigenvalue weighted by molar-refractivity contribution is 5.83.